The predicted molar refractivity (Wildman–Crippen MR) is 125 cm³/mol. The zero-order chi connectivity index (χ0) is 23.2. The number of carbonyl (C=O) groups excluding carboxylic acids is 1. The van der Waals surface area contributed by atoms with Crippen LogP contribution in [0.25, 0.3) is 10.9 Å². The largest absolute Gasteiger partial charge is 0.383 e. The van der Waals surface area contributed by atoms with Crippen molar-refractivity contribution in [1.82, 2.24) is 9.88 Å². The smallest absolute Gasteiger partial charge is 0.221 e. The van der Waals surface area contributed by atoms with Crippen LogP contribution in [-0.2, 0) is 16.1 Å². The van der Waals surface area contributed by atoms with Crippen LogP contribution < -0.4 is 5.32 Å². The van der Waals surface area contributed by atoms with Crippen LogP contribution in [0, 0.1) is 11.6 Å². The molecule has 0 saturated carbocycles. The number of halogens is 2. The van der Waals surface area contributed by atoms with E-state index in [1.165, 1.54) is 24.3 Å². The van der Waals surface area contributed by atoms with Gasteiger partial charge in [0.05, 0.1) is 6.61 Å². The second kappa shape index (κ2) is 10.4. The van der Waals surface area contributed by atoms with Gasteiger partial charge in [-0.25, -0.2) is 8.78 Å². The molecule has 0 aliphatic heterocycles. The minimum atomic E-state index is -0.319. The van der Waals surface area contributed by atoms with E-state index in [1.807, 2.05) is 30.5 Å². The number of nitrogens with zero attached hydrogens (tertiary/aromatic N) is 1. The maximum absolute atomic E-state index is 13.6. The summed E-state index contributed by atoms with van der Waals surface area (Å²) < 4.78 is 34.1. The van der Waals surface area contributed by atoms with E-state index in [0.717, 1.165) is 27.6 Å². The summed E-state index contributed by atoms with van der Waals surface area (Å²) in [6.07, 6.45) is 2.27. The van der Waals surface area contributed by atoms with E-state index in [-0.39, 0.29) is 29.9 Å². The number of para-hydroxylation sites is 1. The average molecular weight is 449 g/mol. The molecule has 1 aromatic heterocycles. The van der Waals surface area contributed by atoms with Crippen molar-refractivity contribution in [3.05, 3.63) is 107 Å². The number of methoxy groups -OCH3 is 1. The van der Waals surface area contributed by atoms with Gasteiger partial charge in [-0.1, -0.05) is 42.5 Å². The number of fused-ring (bicyclic) bond motifs is 1. The van der Waals surface area contributed by atoms with Gasteiger partial charge in [-0.3, -0.25) is 4.79 Å². The molecule has 6 heteroatoms. The first-order valence-electron chi connectivity index (χ1n) is 10.9. The van der Waals surface area contributed by atoms with Crippen molar-refractivity contribution in [3.63, 3.8) is 0 Å². The van der Waals surface area contributed by atoms with Crippen LogP contribution in [0.3, 0.4) is 0 Å². The van der Waals surface area contributed by atoms with Gasteiger partial charge >= 0.3 is 0 Å². The van der Waals surface area contributed by atoms with Crippen LogP contribution in [0.2, 0.25) is 0 Å². The van der Waals surface area contributed by atoms with E-state index in [2.05, 4.69) is 9.88 Å². The lowest BCUT2D eigenvalue weighted by atomic mass is 9.88. The standard InChI is InChI=1S/C27H26F2N2O2/c1-33-15-14-30-27(32)16-24(20-8-12-22(29)13-9-20)25-18-31(26-5-3-2-4-23(25)26)17-19-6-10-21(28)11-7-19/h2-13,18,24H,14-17H2,1H3,(H,30,32)/t24-/m0/s1. The maximum atomic E-state index is 13.6. The van der Waals surface area contributed by atoms with Crippen LogP contribution in [0.15, 0.2) is 79.0 Å². The summed E-state index contributed by atoms with van der Waals surface area (Å²) in [4.78, 5) is 12.7. The van der Waals surface area contributed by atoms with E-state index in [1.54, 1.807) is 31.4 Å². The molecule has 0 unspecified atom stereocenters. The van der Waals surface area contributed by atoms with Gasteiger partial charge in [-0.15, -0.1) is 0 Å². The topological polar surface area (TPSA) is 43.3 Å². The van der Waals surface area contributed by atoms with E-state index in [9.17, 15) is 13.6 Å². The first kappa shape index (κ1) is 22.7. The molecule has 3 aromatic carbocycles. The molecule has 4 aromatic rings. The summed E-state index contributed by atoms with van der Waals surface area (Å²) in [6, 6.07) is 20.7. The van der Waals surface area contributed by atoms with Gasteiger partial charge in [-0.05, 0) is 47.0 Å². The predicted octanol–water partition coefficient (Wildman–Crippen LogP) is 5.25. The lowest BCUT2D eigenvalue weighted by molar-refractivity contribution is -0.121. The Balaban J connectivity index is 1.73. The fourth-order valence-corrected chi connectivity index (χ4v) is 4.12. The zero-order valence-corrected chi connectivity index (χ0v) is 18.4. The number of ether oxygens (including phenoxy) is 1. The Kier molecular flexibility index (Phi) is 7.15. The van der Waals surface area contributed by atoms with Crippen LogP contribution >= 0.6 is 0 Å². The third-order valence-corrected chi connectivity index (χ3v) is 5.75. The number of amides is 1. The molecule has 0 spiro atoms. The van der Waals surface area contributed by atoms with Crippen LogP contribution in [0.4, 0.5) is 8.78 Å². The van der Waals surface area contributed by atoms with Gasteiger partial charge in [0, 0.05) is 49.6 Å². The molecular formula is C27H26F2N2O2. The molecule has 1 N–H and O–H groups in total. The average Bonchev–Trinajstić information content (AvgIpc) is 3.18. The summed E-state index contributed by atoms with van der Waals surface area (Å²) in [5, 5.41) is 3.91. The highest BCUT2D eigenvalue weighted by Crippen LogP contribution is 2.35. The van der Waals surface area contributed by atoms with E-state index < -0.39 is 0 Å². The number of hydrogen-bond acceptors (Lipinski definition) is 2. The van der Waals surface area contributed by atoms with E-state index in [4.69, 9.17) is 4.74 Å². The molecule has 0 aliphatic carbocycles. The monoisotopic (exact) mass is 448 g/mol. The number of nitrogens with one attached hydrogen (secondary N) is 1. The Bertz CT molecular complexity index is 1220. The molecule has 0 fully saturated rings. The van der Waals surface area contributed by atoms with Crippen molar-refractivity contribution in [1.29, 1.82) is 0 Å². The lowest BCUT2D eigenvalue weighted by Gasteiger charge is -2.17. The Morgan fingerprint density at radius 2 is 1.64 bits per heavy atom. The second-order valence-electron chi connectivity index (χ2n) is 8.01. The first-order valence-corrected chi connectivity index (χ1v) is 10.9. The molecule has 0 saturated heterocycles. The molecular weight excluding hydrogens is 422 g/mol. The Morgan fingerprint density at radius 1 is 0.970 bits per heavy atom. The van der Waals surface area contributed by atoms with Gasteiger partial charge in [0.1, 0.15) is 11.6 Å². The van der Waals surface area contributed by atoms with E-state index in [0.29, 0.717) is 19.7 Å². The minimum absolute atomic E-state index is 0.100. The SMILES string of the molecule is COCCNC(=O)C[C@@H](c1ccc(F)cc1)c1cn(Cc2ccc(F)cc2)c2ccccc12. The van der Waals surface area contributed by atoms with Crippen molar-refractivity contribution in [2.45, 2.75) is 18.9 Å². The fourth-order valence-electron chi connectivity index (χ4n) is 4.12. The van der Waals surface area contributed by atoms with Crippen LogP contribution in [0.1, 0.15) is 29.0 Å². The van der Waals surface area contributed by atoms with Crippen LogP contribution in [0.5, 0.6) is 0 Å². The van der Waals surface area contributed by atoms with Crippen molar-refractivity contribution >= 4 is 16.8 Å². The number of benzene rings is 3. The van der Waals surface area contributed by atoms with Crippen LogP contribution in [-0.4, -0.2) is 30.7 Å². The molecule has 1 atom stereocenters. The Morgan fingerprint density at radius 3 is 2.33 bits per heavy atom. The molecule has 1 amide bonds. The fraction of sp³-hybridized carbons (Fsp3) is 0.222. The molecule has 4 nitrogen and oxygen atoms in total. The second-order valence-corrected chi connectivity index (χ2v) is 8.01. The van der Waals surface area contributed by atoms with Crippen molar-refractivity contribution in [2.75, 3.05) is 20.3 Å². The molecule has 4 rings (SSSR count). The van der Waals surface area contributed by atoms with Gasteiger partial charge in [-0.2, -0.15) is 0 Å². The highest BCUT2D eigenvalue weighted by atomic mass is 19.1. The quantitative estimate of drug-likeness (QED) is 0.355. The van der Waals surface area contributed by atoms with Crippen molar-refractivity contribution in [2.24, 2.45) is 0 Å². The van der Waals surface area contributed by atoms with E-state index >= 15 is 0 Å². The number of hydrogen-bond donors (Lipinski definition) is 1. The maximum Gasteiger partial charge on any atom is 0.221 e. The summed E-state index contributed by atoms with van der Waals surface area (Å²) in [5.41, 5.74) is 3.84. The number of carbonyl (C=O) groups is 1. The normalized spacial score (nSPS) is 12.1. The third-order valence-electron chi connectivity index (χ3n) is 5.75. The molecule has 0 bridgehead atoms. The van der Waals surface area contributed by atoms with Crippen molar-refractivity contribution in [3.8, 4) is 0 Å². The Hall–Kier alpha value is -3.51. The minimum Gasteiger partial charge on any atom is -0.383 e. The molecule has 0 aliphatic rings. The molecule has 0 radical (unpaired) electrons. The highest BCUT2D eigenvalue weighted by Gasteiger charge is 2.23. The van der Waals surface area contributed by atoms with Gasteiger partial charge in [0.15, 0.2) is 0 Å². The molecule has 1 heterocycles. The summed E-state index contributed by atoms with van der Waals surface area (Å²) in [6.45, 7) is 1.43. The lowest BCUT2D eigenvalue weighted by Crippen LogP contribution is -2.28. The Labute approximate surface area is 191 Å². The first-order chi connectivity index (χ1) is 16.0. The highest BCUT2D eigenvalue weighted by molar-refractivity contribution is 5.86. The number of aromatic nitrogens is 1. The number of rotatable bonds is 9. The van der Waals surface area contributed by atoms with Gasteiger partial charge < -0.3 is 14.6 Å². The zero-order valence-electron chi connectivity index (χ0n) is 18.4. The summed E-state index contributed by atoms with van der Waals surface area (Å²) >= 11 is 0. The molecule has 33 heavy (non-hydrogen) atoms. The van der Waals surface area contributed by atoms with Gasteiger partial charge in [0.25, 0.3) is 0 Å². The van der Waals surface area contributed by atoms with Crippen molar-refractivity contribution < 1.29 is 18.3 Å². The summed E-state index contributed by atoms with van der Waals surface area (Å²) in [5.74, 6) is -0.947. The third kappa shape index (κ3) is 5.46. The van der Waals surface area contributed by atoms with Gasteiger partial charge in [0.2, 0.25) is 5.91 Å². The molecule has 170 valence electrons. The summed E-state index contributed by atoms with van der Waals surface area (Å²) in [7, 11) is 1.59.